The van der Waals surface area contributed by atoms with Crippen LogP contribution in [0.4, 0.5) is 0 Å². The van der Waals surface area contributed by atoms with E-state index in [-0.39, 0.29) is 0 Å². The van der Waals surface area contributed by atoms with Gasteiger partial charge in [-0.3, -0.25) is 0 Å². The topological polar surface area (TPSA) is 34.2 Å². The van der Waals surface area contributed by atoms with E-state index in [4.69, 9.17) is 4.74 Å². The monoisotopic (exact) mass is 254 g/mol. The van der Waals surface area contributed by atoms with Crippen LogP contribution in [0.25, 0.3) is 0 Å². The van der Waals surface area contributed by atoms with Crippen LogP contribution in [0.3, 0.4) is 0 Å². The molecule has 2 rings (SSSR count). The second-order valence-corrected chi connectivity index (χ2v) is 5.88. The van der Waals surface area contributed by atoms with E-state index >= 15 is 0 Å². The smallest absolute Gasteiger partial charge is 0.0926 e. The number of nitrogens with one attached hydrogen (secondary N) is 1. The van der Waals surface area contributed by atoms with Gasteiger partial charge in [0.25, 0.3) is 0 Å². The maximum absolute atomic E-state index is 5.16. The Hall–Kier alpha value is -0.450. The van der Waals surface area contributed by atoms with Crippen molar-refractivity contribution in [1.82, 2.24) is 10.3 Å². The van der Waals surface area contributed by atoms with Crippen molar-refractivity contribution in [2.45, 2.75) is 39.2 Å². The van der Waals surface area contributed by atoms with E-state index in [9.17, 15) is 0 Å². The van der Waals surface area contributed by atoms with Gasteiger partial charge in [-0.2, -0.15) is 0 Å². The summed E-state index contributed by atoms with van der Waals surface area (Å²) in [5.41, 5.74) is 1.72. The Morgan fingerprint density at radius 2 is 2.35 bits per heavy atom. The first kappa shape index (κ1) is 13.0. The predicted molar refractivity (Wildman–Crippen MR) is 71.4 cm³/mol. The fourth-order valence-corrected chi connectivity index (χ4v) is 2.80. The van der Waals surface area contributed by atoms with Crippen LogP contribution in [0.1, 0.15) is 36.9 Å². The molecular weight excluding hydrogens is 232 g/mol. The third-order valence-corrected chi connectivity index (χ3v) is 4.54. The molecule has 0 aliphatic heterocycles. The average molecular weight is 254 g/mol. The van der Waals surface area contributed by atoms with Crippen LogP contribution in [-0.2, 0) is 17.7 Å². The largest absolute Gasteiger partial charge is 0.385 e. The molecule has 96 valence electrons. The van der Waals surface area contributed by atoms with Gasteiger partial charge in [-0.05, 0) is 31.1 Å². The molecule has 1 aliphatic carbocycles. The second kappa shape index (κ2) is 5.94. The van der Waals surface area contributed by atoms with E-state index in [1.165, 1.54) is 30.0 Å². The van der Waals surface area contributed by atoms with Crippen molar-refractivity contribution in [1.29, 1.82) is 0 Å². The number of aryl methyl sites for hydroxylation is 1. The van der Waals surface area contributed by atoms with Gasteiger partial charge in [0.05, 0.1) is 10.7 Å². The van der Waals surface area contributed by atoms with Crippen LogP contribution in [0.5, 0.6) is 0 Å². The van der Waals surface area contributed by atoms with E-state index in [1.54, 1.807) is 18.4 Å². The van der Waals surface area contributed by atoms with Crippen LogP contribution in [0, 0.1) is 5.41 Å². The minimum Gasteiger partial charge on any atom is -0.385 e. The summed E-state index contributed by atoms with van der Waals surface area (Å²) >= 11 is 1.77. The normalized spacial score (nSPS) is 17.3. The molecule has 1 aromatic heterocycles. The molecule has 3 nitrogen and oxygen atoms in total. The van der Waals surface area contributed by atoms with Crippen molar-refractivity contribution in [2.75, 3.05) is 20.3 Å². The molecule has 0 bridgehead atoms. The van der Waals surface area contributed by atoms with Gasteiger partial charge in [0.2, 0.25) is 0 Å². The predicted octanol–water partition coefficient (Wildman–Crippen LogP) is 2.61. The lowest BCUT2D eigenvalue weighted by atomic mass is 10.0. The zero-order chi connectivity index (χ0) is 12.1. The van der Waals surface area contributed by atoms with Gasteiger partial charge in [0.1, 0.15) is 0 Å². The van der Waals surface area contributed by atoms with Crippen molar-refractivity contribution in [3.63, 3.8) is 0 Å². The summed E-state index contributed by atoms with van der Waals surface area (Å²) in [5.74, 6) is 0. The number of hydrogen-bond acceptors (Lipinski definition) is 4. The number of ether oxygens (including phenoxy) is 1. The lowest BCUT2D eigenvalue weighted by Gasteiger charge is -2.14. The highest BCUT2D eigenvalue weighted by Crippen LogP contribution is 2.48. The molecule has 1 heterocycles. The molecule has 17 heavy (non-hydrogen) atoms. The van der Waals surface area contributed by atoms with Crippen molar-refractivity contribution >= 4 is 11.3 Å². The molecule has 1 aliphatic rings. The van der Waals surface area contributed by atoms with E-state index in [0.29, 0.717) is 5.41 Å². The Kier molecular flexibility index (Phi) is 4.54. The van der Waals surface area contributed by atoms with Gasteiger partial charge >= 0.3 is 0 Å². The molecule has 0 amide bonds. The number of hydrogen-bond donors (Lipinski definition) is 1. The third-order valence-electron chi connectivity index (χ3n) is 3.50. The maximum Gasteiger partial charge on any atom is 0.0926 e. The number of thiazole rings is 1. The van der Waals surface area contributed by atoms with Gasteiger partial charge in [0, 0.05) is 32.2 Å². The summed E-state index contributed by atoms with van der Waals surface area (Å²) < 4.78 is 5.16. The zero-order valence-corrected chi connectivity index (χ0v) is 11.6. The van der Waals surface area contributed by atoms with Gasteiger partial charge < -0.3 is 10.1 Å². The summed E-state index contributed by atoms with van der Waals surface area (Å²) in [4.78, 5) is 4.56. The molecule has 0 aromatic carbocycles. The molecular formula is C13H22N2OS. The number of aromatic nitrogens is 1. The fraction of sp³-hybridized carbons (Fsp3) is 0.769. The standard InChI is InChI=1S/C13H22N2OS/c1-3-12-15-11(9-17-12)8-14-10-13(4-5-13)6-7-16-2/h9,14H,3-8,10H2,1-2H3. The van der Waals surface area contributed by atoms with E-state index in [0.717, 1.165) is 26.1 Å². The van der Waals surface area contributed by atoms with Crippen molar-refractivity contribution < 1.29 is 4.74 Å². The molecule has 0 unspecified atom stereocenters. The summed E-state index contributed by atoms with van der Waals surface area (Å²) in [6.07, 6.45) is 4.93. The average Bonchev–Trinajstić information content (AvgIpc) is 2.96. The first-order chi connectivity index (χ1) is 8.28. The highest BCUT2D eigenvalue weighted by molar-refractivity contribution is 7.09. The molecule has 4 heteroatoms. The molecule has 0 saturated heterocycles. The maximum atomic E-state index is 5.16. The van der Waals surface area contributed by atoms with Crippen molar-refractivity contribution in [3.05, 3.63) is 16.1 Å². The molecule has 1 aromatic rings. The minimum atomic E-state index is 0.527. The third kappa shape index (κ3) is 3.76. The van der Waals surface area contributed by atoms with Crippen LogP contribution in [-0.4, -0.2) is 25.2 Å². The SMILES string of the molecule is CCc1nc(CNCC2(CCOC)CC2)cs1. The highest BCUT2D eigenvalue weighted by atomic mass is 32.1. The molecule has 0 atom stereocenters. The quantitative estimate of drug-likeness (QED) is 0.774. The Morgan fingerprint density at radius 3 is 2.94 bits per heavy atom. The van der Waals surface area contributed by atoms with Gasteiger partial charge in [0.15, 0.2) is 0 Å². The summed E-state index contributed by atoms with van der Waals surface area (Å²) in [7, 11) is 1.78. The molecule has 0 radical (unpaired) electrons. The van der Waals surface area contributed by atoms with E-state index in [1.807, 2.05) is 0 Å². The highest BCUT2D eigenvalue weighted by Gasteiger charge is 2.41. The lowest BCUT2D eigenvalue weighted by Crippen LogP contribution is -2.24. The van der Waals surface area contributed by atoms with Gasteiger partial charge in [-0.1, -0.05) is 6.92 Å². The Labute approximate surface area is 108 Å². The lowest BCUT2D eigenvalue weighted by molar-refractivity contribution is 0.171. The van der Waals surface area contributed by atoms with Crippen LogP contribution >= 0.6 is 11.3 Å². The molecule has 1 N–H and O–H groups in total. The number of methoxy groups -OCH3 is 1. The summed E-state index contributed by atoms with van der Waals surface area (Å²) in [6.45, 7) is 5.05. The summed E-state index contributed by atoms with van der Waals surface area (Å²) in [6, 6.07) is 0. The van der Waals surface area contributed by atoms with Gasteiger partial charge in [-0.15, -0.1) is 11.3 Å². The fourth-order valence-electron chi connectivity index (χ4n) is 2.06. The van der Waals surface area contributed by atoms with Crippen LogP contribution < -0.4 is 5.32 Å². The van der Waals surface area contributed by atoms with Gasteiger partial charge in [-0.25, -0.2) is 4.98 Å². The van der Waals surface area contributed by atoms with Crippen molar-refractivity contribution in [2.24, 2.45) is 5.41 Å². The second-order valence-electron chi connectivity index (χ2n) is 4.93. The minimum absolute atomic E-state index is 0.527. The number of nitrogens with zero attached hydrogens (tertiary/aromatic N) is 1. The van der Waals surface area contributed by atoms with Crippen LogP contribution in [0.15, 0.2) is 5.38 Å². The first-order valence-corrected chi connectivity index (χ1v) is 7.29. The summed E-state index contributed by atoms with van der Waals surface area (Å²) in [5, 5.41) is 6.94. The van der Waals surface area contributed by atoms with E-state index < -0.39 is 0 Å². The zero-order valence-electron chi connectivity index (χ0n) is 10.8. The Bertz CT molecular complexity index is 347. The number of rotatable bonds is 8. The molecule has 1 fully saturated rings. The van der Waals surface area contributed by atoms with Crippen LogP contribution in [0.2, 0.25) is 0 Å². The molecule has 1 saturated carbocycles. The molecule has 0 spiro atoms. The van der Waals surface area contributed by atoms with Crippen molar-refractivity contribution in [3.8, 4) is 0 Å². The Balaban J connectivity index is 1.69. The van der Waals surface area contributed by atoms with E-state index in [2.05, 4.69) is 22.6 Å². The Morgan fingerprint density at radius 1 is 1.53 bits per heavy atom. The first-order valence-electron chi connectivity index (χ1n) is 6.41.